The number of ketones is 1. The molecule has 8 aliphatic heterocycles. The van der Waals surface area contributed by atoms with Crippen molar-refractivity contribution in [3.63, 3.8) is 0 Å². The zero-order valence-electron chi connectivity index (χ0n) is 53.0. The molecule has 30 heteroatoms. The lowest BCUT2D eigenvalue weighted by molar-refractivity contribution is -0.120. The number of halogens is 2. The van der Waals surface area contributed by atoms with Gasteiger partial charge in [0, 0.05) is 86.4 Å². The van der Waals surface area contributed by atoms with Crippen molar-refractivity contribution in [1.29, 1.82) is 0 Å². The molecule has 4 fully saturated rings. The molecule has 28 nitrogen and oxygen atoms in total. The second kappa shape index (κ2) is 28.4. The molecular formula is C67H70F2N14O14+2. The summed E-state index contributed by atoms with van der Waals surface area (Å²) in [6.07, 6.45) is 3.80. The molecule has 97 heavy (non-hydrogen) atoms. The van der Waals surface area contributed by atoms with Gasteiger partial charge in [-0.05, 0) is 90.2 Å². The van der Waals surface area contributed by atoms with Crippen molar-refractivity contribution in [2.45, 2.75) is 102 Å². The van der Waals surface area contributed by atoms with E-state index < -0.39 is 48.5 Å². The van der Waals surface area contributed by atoms with Gasteiger partial charge in [0.1, 0.15) is 54.3 Å². The van der Waals surface area contributed by atoms with Crippen LogP contribution in [0.4, 0.5) is 50.7 Å². The number of rotatable bonds is 15. The number of anilines is 4. The number of hydrogen-bond donors (Lipinski definition) is 8. The molecule has 0 aliphatic carbocycles. The first-order chi connectivity index (χ1) is 46.6. The Hall–Kier alpha value is -11.3. The third-order valence-electron chi connectivity index (χ3n) is 17.6. The van der Waals surface area contributed by atoms with Crippen LogP contribution in [0.5, 0.6) is 5.75 Å². The molecule has 0 spiro atoms. The first-order valence-electron chi connectivity index (χ1n) is 31.0. The van der Waals surface area contributed by atoms with Gasteiger partial charge < -0.3 is 56.4 Å². The van der Waals surface area contributed by atoms with Crippen LogP contribution in [0.2, 0.25) is 0 Å². The Bertz CT molecular complexity index is 4180. The van der Waals surface area contributed by atoms with Crippen LogP contribution in [-0.2, 0) is 63.9 Å². The molecular weight excluding hydrogens is 1260 g/mol. The van der Waals surface area contributed by atoms with Crippen LogP contribution in [0.25, 0.3) is 22.3 Å². The summed E-state index contributed by atoms with van der Waals surface area (Å²) < 4.78 is 57.3. The zero-order valence-corrected chi connectivity index (χ0v) is 53.0. The summed E-state index contributed by atoms with van der Waals surface area (Å²) in [6, 6.07) is 23.5. The standard InChI is InChI=1S/C19H17FN4O4.C19H17FN4O3.C15H17N3O4.C14H17N3O3/c1-10(25)22-8-16-15-9-27-18-14(24(15)19(26)28-16)5-4-13(17(18)20)11-2-3-12(6-21)23-7-11;1-10(25)22-9-17-16-6-14-15(24(16)19(26)27-17)5-4-13(18(14)20)11-2-3-12(7-21)23-8-11;1-8(19)17-7-14-12-5-10-4-9(13(20)6-16)2-3-11(10)18(12)15(21)22-14;1-8(18)16-7-13-12-5-10-4-9(6-15)2-3-11(10)17(12)14(19)20-13/h2-7,15-16,21H,8-9H2,1H3,(H,22,25);2-5,7-8,16-17,21H,6,9H2,1H3,(H,22,25);2-4,12,14H,5-7,16H2,1H3,(H,17,19);2-4,12-13H,5-7,15H2,1H3,(H,16,18)/p+2/t15?,16-;16?,17-;12-,14-;12-,13-/m0000/s1. The van der Waals surface area contributed by atoms with E-state index >= 15 is 8.78 Å². The summed E-state index contributed by atoms with van der Waals surface area (Å²) in [4.78, 5) is 119. The highest BCUT2D eigenvalue weighted by Gasteiger charge is 2.51. The Labute approximate surface area is 553 Å². The number of aromatic nitrogens is 2. The van der Waals surface area contributed by atoms with Gasteiger partial charge in [0.25, 0.3) is 0 Å². The summed E-state index contributed by atoms with van der Waals surface area (Å²) in [7, 11) is 0. The van der Waals surface area contributed by atoms with Crippen LogP contribution < -0.4 is 67.9 Å². The average Bonchev–Trinajstić information content (AvgIpc) is 1.66. The van der Waals surface area contributed by atoms with Crippen molar-refractivity contribution >= 4 is 89.0 Å². The molecule has 14 rings (SSSR count). The third-order valence-corrected chi connectivity index (χ3v) is 17.6. The molecule has 12 N–H and O–H groups in total. The third kappa shape index (κ3) is 13.7. The Morgan fingerprint density at radius 3 is 1.38 bits per heavy atom. The Kier molecular flexibility index (Phi) is 19.6. The van der Waals surface area contributed by atoms with Crippen molar-refractivity contribution in [2.75, 3.05) is 58.9 Å². The fourth-order valence-electron chi connectivity index (χ4n) is 12.9. The SMILES string of the molecule is CC(=O)NC[C@@H]1OC(=O)N2c3ccc(-c4ccc(C=[NH2+])nc4)c(F)c3CC12.CC(=O)NC[C@@H]1OC(=O)N2c3ccc(-c4ccc(C=[NH2+])nc4)c(F)c3OCC12.CC(=O)NC[C@@H]1OC(=O)N2c3ccc(C(=O)CN)cc3C[C@@H]12.CC(=O)NC[C@@H]1OC(=O)N2c3ccc(CN)cc3C[C@@H]12. The van der Waals surface area contributed by atoms with E-state index in [1.165, 1.54) is 56.1 Å². The predicted molar refractivity (Wildman–Crippen MR) is 345 cm³/mol. The Morgan fingerprint density at radius 2 is 0.938 bits per heavy atom. The number of benzene rings is 4. The second-order valence-electron chi connectivity index (χ2n) is 23.7. The van der Waals surface area contributed by atoms with Gasteiger partial charge in [0.2, 0.25) is 23.6 Å². The second-order valence-corrected chi connectivity index (χ2v) is 23.7. The highest BCUT2D eigenvalue weighted by atomic mass is 19.1. The van der Waals surface area contributed by atoms with Gasteiger partial charge in [-0.1, -0.05) is 24.3 Å². The number of Topliss-reactive ketones (excluding diaryl/α,β-unsaturated/α-hetero) is 1. The lowest BCUT2D eigenvalue weighted by atomic mass is 9.99. The normalized spacial score (nSPS) is 21.2. The van der Waals surface area contributed by atoms with Gasteiger partial charge in [-0.2, -0.15) is 0 Å². The number of pyridine rings is 2. The van der Waals surface area contributed by atoms with Crippen molar-refractivity contribution in [2.24, 2.45) is 11.5 Å². The Balaban J connectivity index is 0.000000132. The number of carbonyl (C=O) groups excluding carboxylic acids is 9. The first kappa shape index (κ1) is 67.2. The van der Waals surface area contributed by atoms with Crippen LogP contribution in [0.3, 0.4) is 0 Å². The van der Waals surface area contributed by atoms with Crippen molar-refractivity contribution in [1.82, 2.24) is 31.2 Å². The van der Waals surface area contributed by atoms with E-state index in [4.69, 9.17) is 46.0 Å². The number of nitrogens with one attached hydrogen (secondary N) is 4. The topological polar surface area (TPSA) is 390 Å². The highest BCUT2D eigenvalue weighted by molar-refractivity contribution is 6.01. The number of nitrogens with zero attached hydrogens (tertiary/aromatic N) is 6. The highest BCUT2D eigenvalue weighted by Crippen LogP contribution is 2.46. The molecule has 0 radical (unpaired) electrons. The molecule has 504 valence electrons. The summed E-state index contributed by atoms with van der Waals surface area (Å²) >= 11 is 0. The quantitative estimate of drug-likeness (QED) is 0.0410. The predicted octanol–water partition coefficient (Wildman–Crippen LogP) is 1.49. The number of hydrogen-bond acceptors (Lipinski definition) is 18. The summed E-state index contributed by atoms with van der Waals surface area (Å²) in [5, 5.41) is 21.5. The lowest BCUT2D eigenvalue weighted by Gasteiger charge is -2.31. The fraction of sp³-hybridized carbons (Fsp3) is 0.328. The minimum Gasteiger partial charge on any atom is -0.486 e. The number of ether oxygens (including phenoxy) is 5. The molecule has 8 amide bonds. The molecule has 4 saturated heterocycles. The molecule has 8 aliphatic rings. The van der Waals surface area contributed by atoms with E-state index in [1.54, 1.807) is 82.7 Å². The maximum atomic E-state index is 15.2. The smallest absolute Gasteiger partial charge is 0.415 e. The minimum absolute atomic E-state index is 0.0136. The molecule has 2 aromatic heterocycles. The van der Waals surface area contributed by atoms with E-state index in [1.807, 2.05) is 18.2 Å². The van der Waals surface area contributed by atoms with Gasteiger partial charge in [-0.15, -0.1) is 0 Å². The molecule has 0 bridgehead atoms. The number of nitrogens with two attached hydrogens (primary N) is 4. The van der Waals surface area contributed by atoms with E-state index in [0.29, 0.717) is 82.1 Å². The molecule has 4 aromatic carbocycles. The van der Waals surface area contributed by atoms with Gasteiger partial charge in [-0.3, -0.25) is 54.4 Å². The summed E-state index contributed by atoms with van der Waals surface area (Å²) in [5.41, 5.74) is 20.7. The van der Waals surface area contributed by atoms with Crippen molar-refractivity contribution in [3.05, 3.63) is 148 Å². The molecule has 10 heterocycles. The average molecular weight is 1330 g/mol. The van der Waals surface area contributed by atoms with Crippen LogP contribution in [0.1, 0.15) is 71.7 Å². The van der Waals surface area contributed by atoms with Gasteiger partial charge in [0.15, 0.2) is 29.8 Å². The lowest BCUT2D eigenvalue weighted by Crippen LogP contribution is -2.47. The maximum Gasteiger partial charge on any atom is 0.415 e. The largest absolute Gasteiger partial charge is 0.486 e. The van der Waals surface area contributed by atoms with Crippen LogP contribution in [0.15, 0.2) is 97.3 Å². The summed E-state index contributed by atoms with van der Waals surface area (Å²) in [6.45, 7) is 7.14. The molecule has 2 unspecified atom stereocenters. The van der Waals surface area contributed by atoms with E-state index in [0.717, 1.165) is 34.5 Å². The number of carbonyl (C=O) groups is 9. The molecule has 8 atom stereocenters. The number of fused-ring (bicyclic) bond motifs is 12. The van der Waals surface area contributed by atoms with Crippen LogP contribution in [-0.4, -0.2) is 164 Å². The summed E-state index contributed by atoms with van der Waals surface area (Å²) in [5.74, 6) is -1.83. The van der Waals surface area contributed by atoms with E-state index in [-0.39, 0.29) is 104 Å². The fourth-order valence-corrected chi connectivity index (χ4v) is 12.9. The maximum absolute atomic E-state index is 15.2. The Morgan fingerprint density at radius 1 is 0.526 bits per heavy atom. The monoisotopic (exact) mass is 1330 g/mol. The van der Waals surface area contributed by atoms with Crippen molar-refractivity contribution in [3.8, 4) is 28.0 Å². The van der Waals surface area contributed by atoms with Crippen molar-refractivity contribution < 1.29 is 86.4 Å². The zero-order chi connectivity index (χ0) is 69.1. The number of amides is 8. The minimum atomic E-state index is -0.596. The number of cyclic esters (lactones) is 4. The first-order valence-corrected chi connectivity index (χ1v) is 31.0. The van der Waals surface area contributed by atoms with Gasteiger partial charge in [-0.25, -0.2) is 37.9 Å². The van der Waals surface area contributed by atoms with E-state index in [2.05, 4.69) is 31.2 Å². The van der Waals surface area contributed by atoms with Gasteiger partial charge >= 0.3 is 24.4 Å². The van der Waals surface area contributed by atoms with Crippen LogP contribution >= 0.6 is 0 Å². The molecule has 0 saturated carbocycles. The van der Waals surface area contributed by atoms with E-state index in [9.17, 15) is 43.2 Å². The van der Waals surface area contributed by atoms with Crippen LogP contribution in [0, 0.1) is 11.6 Å². The van der Waals surface area contributed by atoms with Gasteiger partial charge in [0.05, 0.1) is 73.6 Å². The molecule has 6 aromatic rings.